The SMILES string of the molecule is COC(=O)CCC(NC(=O)N1CCCC1)C(=O)O. The topological polar surface area (TPSA) is 95.9 Å². The predicted molar refractivity (Wildman–Crippen MR) is 62.0 cm³/mol. The fourth-order valence-electron chi connectivity index (χ4n) is 1.78. The number of nitrogens with zero attached hydrogens (tertiary/aromatic N) is 1. The Morgan fingerprint density at radius 2 is 1.94 bits per heavy atom. The zero-order valence-electron chi connectivity index (χ0n) is 10.3. The van der Waals surface area contributed by atoms with Crippen molar-refractivity contribution >= 4 is 18.0 Å². The first-order valence-corrected chi connectivity index (χ1v) is 5.89. The van der Waals surface area contributed by atoms with E-state index in [0.29, 0.717) is 13.1 Å². The van der Waals surface area contributed by atoms with Gasteiger partial charge in [-0.25, -0.2) is 9.59 Å². The van der Waals surface area contributed by atoms with Crippen LogP contribution in [0.25, 0.3) is 0 Å². The van der Waals surface area contributed by atoms with Crippen LogP contribution in [-0.2, 0) is 14.3 Å². The van der Waals surface area contributed by atoms with Gasteiger partial charge < -0.3 is 20.1 Å². The number of urea groups is 1. The summed E-state index contributed by atoms with van der Waals surface area (Å²) in [5.41, 5.74) is 0. The minimum atomic E-state index is -1.15. The first-order chi connectivity index (χ1) is 8.54. The standard InChI is InChI=1S/C11H18N2O5/c1-18-9(14)5-4-8(10(15)16)12-11(17)13-6-2-3-7-13/h8H,2-7H2,1H3,(H,12,17)(H,15,16). The molecule has 0 radical (unpaired) electrons. The van der Waals surface area contributed by atoms with Gasteiger partial charge in [0.2, 0.25) is 0 Å². The Labute approximate surface area is 105 Å². The summed E-state index contributed by atoms with van der Waals surface area (Å²) in [6.07, 6.45) is 1.87. The van der Waals surface area contributed by atoms with Crippen LogP contribution in [0.4, 0.5) is 4.79 Å². The molecule has 2 amide bonds. The monoisotopic (exact) mass is 258 g/mol. The highest BCUT2D eigenvalue weighted by Crippen LogP contribution is 2.08. The number of amides is 2. The van der Waals surface area contributed by atoms with Crippen molar-refractivity contribution in [2.24, 2.45) is 0 Å². The number of hydrogen-bond acceptors (Lipinski definition) is 4. The zero-order chi connectivity index (χ0) is 13.5. The van der Waals surface area contributed by atoms with Crippen LogP contribution in [0.3, 0.4) is 0 Å². The Morgan fingerprint density at radius 3 is 2.44 bits per heavy atom. The molecule has 1 heterocycles. The summed E-state index contributed by atoms with van der Waals surface area (Å²) in [6.45, 7) is 1.30. The van der Waals surface area contributed by atoms with Crippen molar-refractivity contribution in [2.45, 2.75) is 31.7 Å². The summed E-state index contributed by atoms with van der Waals surface area (Å²) >= 11 is 0. The summed E-state index contributed by atoms with van der Waals surface area (Å²) in [5.74, 6) is -1.64. The predicted octanol–water partition coefficient (Wildman–Crippen LogP) is 0.198. The Balaban J connectivity index is 2.44. The van der Waals surface area contributed by atoms with E-state index >= 15 is 0 Å². The normalized spacial score (nSPS) is 16.2. The molecule has 18 heavy (non-hydrogen) atoms. The van der Waals surface area contributed by atoms with Crippen molar-refractivity contribution in [3.05, 3.63) is 0 Å². The third-order valence-corrected chi connectivity index (χ3v) is 2.85. The van der Waals surface area contributed by atoms with Crippen LogP contribution in [-0.4, -0.2) is 54.2 Å². The molecule has 0 bridgehead atoms. The lowest BCUT2D eigenvalue weighted by Crippen LogP contribution is -2.47. The van der Waals surface area contributed by atoms with Gasteiger partial charge in [0.05, 0.1) is 7.11 Å². The van der Waals surface area contributed by atoms with Gasteiger partial charge in [0.25, 0.3) is 0 Å². The lowest BCUT2D eigenvalue weighted by molar-refractivity contribution is -0.142. The van der Waals surface area contributed by atoms with Crippen molar-refractivity contribution in [3.63, 3.8) is 0 Å². The van der Waals surface area contributed by atoms with E-state index in [9.17, 15) is 14.4 Å². The summed E-state index contributed by atoms with van der Waals surface area (Å²) < 4.78 is 4.43. The minimum Gasteiger partial charge on any atom is -0.480 e. The van der Waals surface area contributed by atoms with Gasteiger partial charge in [-0.15, -0.1) is 0 Å². The van der Waals surface area contributed by atoms with E-state index in [-0.39, 0.29) is 18.9 Å². The summed E-state index contributed by atoms with van der Waals surface area (Å²) in [7, 11) is 1.24. The largest absolute Gasteiger partial charge is 0.480 e. The van der Waals surface area contributed by atoms with Crippen LogP contribution >= 0.6 is 0 Å². The van der Waals surface area contributed by atoms with Gasteiger partial charge in [-0.05, 0) is 19.3 Å². The average Bonchev–Trinajstić information content (AvgIpc) is 2.87. The molecule has 102 valence electrons. The number of methoxy groups -OCH3 is 1. The van der Waals surface area contributed by atoms with Gasteiger partial charge in [0.1, 0.15) is 6.04 Å². The van der Waals surface area contributed by atoms with Crippen LogP contribution in [0.15, 0.2) is 0 Å². The molecule has 1 aliphatic rings. The van der Waals surface area contributed by atoms with E-state index in [1.165, 1.54) is 7.11 Å². The molecule has 1 fully saturated rings. The Morgan fingerprint density at radius 1 is 1.33 bits per heavy atom. The molecule has 0 spiro atoms. The molecule has 1 atom stereocenters. The number of carboxylic acid groups (broad SMARTS) is 1. The maximum Gasteiger partial charge on any atom is 0.326 e. The number of hydrogen-bond donors (Lipinski definition) is 2. The molecule has 1 saturated heterocycles. The van der Waals surface area contributed by atoms with Crippen molar-refractivity contribution in [2.75, 3.05) is 20.2 Å². The third-order valence-electron chi connectivity index (χ3n) is 2.85. The van der Waals surface area contributed by atoms with Gasteiger partial charge >= 0.3 is 18.0 Å². The highest BCUT2D eigenvalue weighted by molar-refractivity contribution is 5.83. The lowest BCUT2D eigenvalue weighted by Gasteiger charge is -2.20. The molecule has 0 saturated carbocycles. The number of nitrogens with one attached hydrogen (secondary N) is 1. The summed E-state index contributed by atoms with van der Waals surface area (Å²) in [6, 6.07) is -1.44. The number of carbonyl (C=O) groups is 3. The van der Waals surface area contributed by atoms with Crippen LogP contribution in [0.2, 0.25) is 0 Å². The fourth-order valence-corrected chi connectivity index (χ4v) is 1.78. The van der Waals surface area contributed by atoms with Crippen molar-refractivity contribution < 1.29 is 24.2 Å². The molecule has 7 heteroatoms. The number of rotatable bonds is 5. The van der Waals surface area contributed by atoms with Crippen LogP contribution in [0.1, 0.15) is 25.7 Å². The van der Waals surface area contributed by atoms with Gasteiger partial charge in [0, 0.05) is 19.5 Å². The molecule has 0 aromatic carbocycles. The van der Waals surface area contributed by atoms with E-state index < -0.39 is 18.0 Å². The second-order valence-corrected chi connectivity index (χ2v) is 4.15. The number of carbonyl (C=O) groups excluding carboxylic acids is 2. The number of aliphatic carboxylic acids is 1. The Bertz CT molecular complexity index is 325. The van der Waals surface area contributed by atoms with E-state index in [0.717, 1.165) is 12.8 Å². The third kappa shape index (κ3) is 4.23. The molecule has 7 nitrogen and oxygen atoms in total. The number of esters is 1. The molecule has 0 aromatic heterocycles. The van der Waals surface area contributed by atoms with Crippen molar-refractivity contribution in [3.8, 4) is 0 Å². The molecule has 1 unspecified atom stereocenters. The van der Waals surface area contributed by atoms with E-state index in [1.54, 1.807) is 4.90 Å². The number of likely N-dealkylation sites (tertiary alicyclic amines) is 1. The quantitative estimate of drug-likeness (QED) is 0.687. The molecule has 2 N–H and O–H groups in total. The number of ether oxygens (including phenoxy) is 1. The zero-order valence-corrected chi connectivity index (χ0v) is 10.3. The van der Waals surface area contributed by atoms with Gasteiger partial charge in [0.15, 0.2) is 0 Å². The molecular formula is C11H18N2O5. The van der Waals surface area contributed by atoms with E-state index in [2.05, 4.69) is 10.1 Å². The minimum absolute atomic E-state index is 0.0294. The summed E-state index contributed by atoms with van der Waals surface area (Å²) in [4.78, 5) is 35.2. The molecular weight excluding hydrogens is 240 g/mol. The van der Waals surface area contributed by atoms with E-state index in [1.807, 2.05) is 0 Å². The fraction of sp³-hybridized carbons (Fsp3) is 0.727. The maximum atomic E-state index is 11.7. The maximum absolute atomic E-state index is 11.7. The van der Waals surface area contributed by atoms with Crippen molar-refractivity contribution in [1.82, 2.24) is 10.2 Å². The number of carboxylic acids is 1. The summed E-state index contributed by atoms with van der Waals surface area (Å²) in [5, 5.41) is 11.4. The van der Waals surface area contributed by atoms with Gasteiger partial charge in [-0.3, -0.25) is 4.79 Å². The molecule has 0 aliphatic carbocycles. The van der Waals surface area contributed by atoms with Crippen LogP contribution in [0, 0.1) is 0 Å². The Kier molecular flexibility index (Phi) is 5.41. The highest BCUT2D eigenvalue weighted by Gasteiger charge is 2.25. The highest BCUT2D eigenvalue weighted by atomic mass is 16.5. The van der Waals surface area contributed by atoms with Crippen LogP contribution in [0.5, 0.6) is 0 Å². The van der Waals surface area contributed by atoms with Gasteiger partial charge in [-0.1, -0.05) is 0 Å². The second-order valence-electron chi connectivity index (χ2n) is 4.15. The second kappa shape index (κ2) is 6.83. The first-order valence-electron chi connectivity index (χ1n) is 5.89. The molecule has 1 rings (SSSR count). The smallest absolute Gasteiger partial charge is 0.326 e. The van der Waals surface area contributed by atoms with Gasteiger partial charge in [-0.2, -0.15) is 0 Å². The first kappa shape index (κ1) is 14.3. The van der Waals surface area contributed by atoms with Crippen LogP contribution < -0.4 is 5.32 Å². The lowest BCUT2D eigenvalue weighted by atomic mass is 10.1. The van der Waals surface area contributed by atoms with Crippen molar-refractivity contribution in [1.29, 1.82) is 0 Å². The Hall–Kier alpha value is -1.79. The molecule has 1 aliphatic heterocycles. The van der Waals surface area contributed by atoms with E-state index in [4.69, 9.17) is 5.11 Å². The average molecular weight is 258 g/mol. The molecule has 0 aromatic rings.